The third kappa shape index (κ3) is 2.32. The highest BCUT2D eigenvalue weighted by Crippen LogP contribution is 2.40. The van der Waals surface area contributed by atoms with Crippen LogP contribution in [0.5, 0.6) is 0 Å². The van der Waals surface area contributed by atoms with E-state index in [0.717, 1.165) is 31.2 Å². The molecule has 2 atom stereocenters. The summed E-state index contributed by atoms with van der Waals surface area (Å²) >= 11 is 12.0. The van der Waals surface area contributed by atoms with Crippen molar-refractivity contribution in [3.05, 3.63) is 33.8 Å². The second kappa shape index (κ2) is 5.15. The van der Waals surface area contributed by atoms with Crippen LogP contribution >= 0.6 is 23.2 Å². The Morgan fingerprint density at radius 1 is 1.29 bits per heavy atom. The predicted molar refractivity (Wildman–Crippen MR) is 71.7 cm³/mol. The molecule has 2 rings (SSSR count). The Bertz CT molecular complexity index is 410. The third-order valence-electron chi connectivity index (χ3n) is 3.85. The minimum atomic E-state index is -0.390. The van der Waals surface area contributed by atoms with Crippen LogP contribution in [0.25, 0.3) is 0 Å². The fraction of sp³-hybridized carbons (Fsp3) is 0.538. The minimum absolute atomic E-state index is 0.355. The lowest BCUT2D eigenvalue weighted by Crippen LogP contribution is -2.48. The first kappa shape index (κ1) is 13.2. The summed E-state index contributed by atoms with van der Waals surface area (Å²) in [5.41, 5.74) is 6.56. The van der Waals surface area contributed by atoms with Gasteiger partial charge in [-0.05, 0) is 30.5 Å². The first-order valence-electron chi connectivity index (χ1n) is 5.94. The summed E-state index contributed by atoms with van der Waals surface area (Å²) in [6, 6.07) is 5.54. The summed E-state index contributed by atoms with van der Waals surface area (Å²) in [4.78, 5) is 0. The van der Waals surface area contributed by atoms with E-state index in [9.17, 15) is 5.11 Å². The summed E-state index contributed by atoms with van der Waals surface area (Å²) in [5.74, 6) is 0. The molecule has 0 amide bonds. The van der Waals surface area contributed by atoms with Gasteiger partial charge in [0.2, 0.25) is 0 Å². The molecule has 0 spiro atoms. The van der Waals surface area contributed by atoms with Gasteiger partial charge in [-0.25, -0.2) is 0 Å². The second-order valence-electron chi connectivity index (χ2n) is 4.75. The van der Waals surface area contributed by atoms with Gasteiger partial charge in [0.25, 0.3) is 0 Å². The van der Waals surface area contributed by atoms with Crippen LogP contribution < -0.4 is 5.73 Å². The van der Waals surface area contributed by atoms with Crippen LogP contribution in [-0.4, -0.2) is 17.8 Å². The van der Waals surface area contributed by atoms with Crippen LogP contribution in [0.4, 0.5) is 0 Å². The van der Waals surface area contributed by atoms with Gasteiger partial charge in [-0.1, -0.05) is 42.1 Å². The normalized spacial score (nSPS) is 29.3. The van der Waals surface area contributed by atoms with Crippen molar-refractivity contribution in [2.75, 3.05) is 6.54 Å². The van der Waals surface area contributed by atoms with Gasteiger partial charge in [0, 0.05) is 12.0 Å². The average molecular weight is 274 g/mol. The van der Waals surface area contributed by atoms with E-state index in [1.54, 1.807) is 6.07 Å². The van der Waals surface area contributed by atoms with E-state index in [0.29, 0.717) is 16.6 Å². The van der Waals surface area contributed by atoms with Gasteiger partial charge < -0.3 is 10.8 Å². The Morgan fingerprint density at radius 3 is 2.65 bits per heavy atom. The average Bonchev–Trinajstić information content (AvgIpc) is 2.34. The van der Waals surface area contributed by atoms with Gasteiger partial charge in [-0.15, -0.1) is 0 Å². The first-order chi connectivity index (χ1) is 8.10. The summed E-state index contributed by atoms with van der Waals surface area (Å²) in [7, 11) is 0. The number of aliphatic hydroxyl groups is 1. The maximum atomic E-state index is 10.3. The molecule has 17 heavy (non-hydrogen) atoms. The van der Waals surface area contributed by atoms with E-state index in [4.69, 9.17) is 28.9 Å². The van der Waals surface area contributed by atoms with Gasteiger partial charge in [0.05, 0.1) is 16.1 Å². The smallest absolute Gasteiger partial charge is 0.0649 e. The number of rotatable bonds is 2. The molecular formula is C13H17Cl2NO. The predicted octanol–water partition coefficient (Wildman–Crippen LogP) is 3.12. The van der Waals surface area contributed by atoms with Gasteiger partial charge in [0.15, 0.2) is 0 Å². The van der Waals surface area contributed by atoms with Crippen LogP contribution in [0.3, 0.4) is 0 Å². The Balaban J connectivity index is 2.42. The van der Waals surface area contributed by atoms with E-state index in [-0.39, 0.29) is 5.41 Å². The lowest BCUT2D eigenvalue weighted by Gasteiger charge is -2.41. The molecule has 0 aliphatic heterocycles. The van der Waals surface area contributed by atoms with Crippen molar-refractivity contribution in [2.45, 2.75) is 37.2 Å². The van der Waals surface area contributed by atoms with Crippen molar-refractivity contribution < 1.29 is 5.11 Å². The van der Waals surface area contributed by atoms with Crippen LogP contribution in [-0.2, 0) is 5.41 Å². The minimum Gasteiger partial charge on any atom is -0.392 e. The molecule has 1 aromatic carbocycles. The molecule has 1 aromatic rings. The van der Waals surface area contributed by atoms with Crippen molar-refractivity contribution in [1.82, 2.24) is 0 Å². The Hall–Kier alpha value is -0.280. The molecule has 0 bridgehead atoms. The number of hydrogen-bond donors (Lipinski definition) is 2. The van der Waals surface area contributed by atoms with Crippen molar-refractivity contribution in [3.8, 4) is 0 Å². The molecule has 3 N–H and O–H groups in total. The molecule has 1 saturated carbocycles. The zero-order chi connectivity index (χ0) is 12.5. The van der Waals surface area contributed by atoms with Gasteiger partial charge >= 0.3 is 0 Å². The van der Waals surface area contributed by atoms with Crippen molar-refractivity contribution >= 4 is 23.2 Å². The molecule has 1 aliphatic carbocycles. The molecule has 1 unspecified atom stereocenters. The van der Waals surface area contributed by atoms with Crippen LogP contribution in [0.1, 0.15) is 31.2 Å². The highest BCUT2D eigenvalue weighted by atomic mass is 35.5. The summed E-state index contributed by atoms with van der Waals surface area (Å²) < 4.78 is 0. The van der Waals surface area contributed by atoms with Crippen molar-refractivity contribution in [1.29, 1.82) is 0 Å². The van der Waals surface area contributed by atoms with E-state index >= 15 is 0 Å². The Labute approximate surface area is 112 Å². The fourth-order valence-electron chi connectivity index (χ4n) is 2.72. The molecule has 0 radical (unpaired) electrons. The molecule has 0 saturated heterocycles. The monoisotopic (exact) mass is 273 g/mol. The first-order valence-corrected chi connectivity index (χ1v) is 6.69. The van der Waals surface area contributed by atoms with Crippen molar-refractivity contribution in [2.24, 2.45) is 5.73 Å². The molecule has 2 nitrogen and oxygen atoms in total. The van der Waals surface area contributed by atoms with Crippen molar-refractivity contribution in [3.63, 3.8) is 0 Å². The molecule has 1 fully saturated rings. The Kier molecular flexibility index (Phi) is 3.99. The standard InChI is InChI=1S/C13H17Cl2NO/c14-10-5-4-9(7-11(10)15)13(8-16)6-2-1-3-12(13)17/h4-5,7,12,17H,1-3,6,8,16H2/t12-,13?/m0/s1. The van der Waals surface area contributed by atoms with E-state index in [2.05, 4.69) is 0 Å². The number of halogens is 2. The number of benzene rings is 1. The zero-order valence-corrected chi connectivity index (χ0v) is 11.1. The molecule has 0 heterocycles. The third-order valence-corrected chi connectivity index (χ3v) is 4.59. The van der Waals surface area contributed by atoms with E-state index < -0.39 is 6.10 Å². The topological polar surface area (TPSA) is 46.2 Å². The van der Waals surface area contributed by atoms with E-state index in [1.165, 1.54) is 0 Å². The highest BCUT2D eigenvalue weighted by Gasteiger charge is 2.40. The van der Waals surface area contributed by atoms with Gasteiger partial charge in [-0.3, -0.25) is 0 Å². The maximum Gasteiger partial charge on any atom is 0.0649 e. The van der Waals surface area contributed by atoms with Gasteiger partial charge in [0.1, 0.15) is 0 Å². The van der Waals surface area contributed by atoms with Crippen LogP contribution in [0.15, 0.2) is 18.2 Å². The summed E-state index contributed by atoms with van der Waals surface area (Å²) in [6.07, 6.45) is 3.47. The highest BCUT2D eigenvalue weighted by molar-refractivity contribution is 6.42. The van der Waals surface area contributed by atoms with Crippen LogP contribution in [0, 0.1) is 0 Å². The SMILES string of the molecule is NCC1(c2ccc(Cl)c(Cl)c2)CCCC[C@@H]1O. The maximum absolute atomic E-state index is 10.3. The number of nitrogens with two attached hydrogens (primary N) is 1. The lowest BCUT2D eigenvalue weighted by molar-refractivity contribution is 0.0464. The second-order valence-corrected chi connectivity index (χ2v) is 5.57. The fourth-order valence-corrected chi connectivity index (χ4v) is 3.02. The molecule has 0 aromatic heterocycles. The van der Waals surface area contributed by atoms with E-state index in [1.807, 2.05) is 12.1 Å². The molecule has 4 heteroatoms. The zero-order valence-electron chi connectivity index (χ0n) is 9.63. The van der Waals surface area contributed by atoms with Gasteiger partial charge in [-0.2, -0.15) is 0 Å². The largest absolute Gasteiger partial charge is 0.392 e. The number of aliphatic hydroxyl groups excluding tert-OH is 1. The Morgan fingerprint density at radius 2 is 2.06 bits per heavy atom. The number of hydrogen-bond acceptors (Lipinski definition) is 2. The lowest BCUT2D eigenvalue weighted by atomic mass is 9.67. The molecule has 94 valence electrons. The van der Waals surface area contributed by atoms with Crippen LogP contribution in [0.2, 0.25) is 10.0 Å². The summed E-state index contributed by atoms with van der Waals surface area (Å²) in [5, 5.41) is 11.3. The summed E-state index contributed by atoms with van der Waals surface area (Å²) in [6.45, 7) is 0.437. The molecule has 1 aliphatic rings. The quantitative estimate of drug-likeness (QED) is 0.870. The molecular weight excluding hydrogens is 257 g/mol.